The Morgan fingerprint density at radius 1 is 1.29 bits per heavy atom. The van der Waals surface area contributed by atoms with E-state index >= 15 is 0 Å². The number of benzene rings is 1. The van der Waals surface area contributed by atoms with E-state index in [2.05, 4.69) is 29.3 Å². The highest BCUT2D eigenvalue weighted by Crippen LogP contribution is 2.06. The summed E-state index contributed by atoms with van der Waals surface area (Å²) in [6.45, 7) is 2.63. The number of aryl methyl sites for hydroxylation is 1. The molecule has 1 aromatic carbocycles. The van der Waals surface area contributed by atoms with Crippen LogP contribution in [0.15, 0.2) is 30.5 Å². The van der Waals surface area contributed by atoms with Gasteiger partial charge in [-0.05, 0) is 17.5 Å². The molecule has 0 radical (unpaired) electrons. The molecule has 0 atom stereocenters. The van der Waals surface area contributed by atoms with Crippen molar-refractivity contribution in [1.82, 2.24) is 15.0 Å². The van der Waals surface area contributed by atoms with Gasteiger partial charge >= 0.3 is 7.12 Å². The van der Waals surface area contributed by atoms with Gasteiger partial charge in [-0.15, -0.1) is 0 Å². The van der Waals surface area contributed by atoms with Gasteiger partial charge in [-0.2, -0.15) is 15.0 Å². The normalized spacial score (nSPS) is 10.5. The Balaban J connectivity index is 2.13. The predicted octanol–water partition coefficient (Wildman–Crippen LogP) is -0.431. The van der Waals surface area contributed by atoms with E-state index in [4.69, 9.17) is 10.0 Å². The maximum atomic E-state index is 8.93. The van der Waals surface area contributed by atoms with Crippen LogP contribution in [0.4, 0.5) is 0 Å². The van der Waals surface area contributed by atoms with E-state index in [1.165, 1.54) is 16.6 Å². The monoisotopic (exact) mass is 231 g/mol. The van der Waals surface area contributed by atoms with Crippen molar-refractivity contribution in [2.45, 2.75) is 19.9 Å². The molecule has 0 bridgehead atoms. The summed E-state index contributed by atoms with van der Waals surface area (Å²) < 4.78 is 0. The Labute approximate surface area is 99.9 Å². The zero-order valence-corrected chi connectivity index (χ0v) is 9.61. The molecule has 2 aromatic rings. The van der Waals surface area contributed by atoms with E-state index in [9.17, 15) is 0 Å². The Morgan fingerprint density at radius 3 is 2.71 bits per heavy atom. The number of hydrogen-bond donors (Lipinski definition) is 2. The second kappa shape index (κ2) is 5.12. The fourth-order valence-corrected chi connectivity index (χ4v) is 1.62. The molecule has 6 heteroatoms. The number of rotatable bonds is 4. The molecule has 0 fully saturated rings. The van der Waals surface area contributed by atoms with Crippen molar-refractivity contribution in [3.63, 3.8) is 0 Å². The average Bonchev–Trinajstić information content (AvgIpc) is 2.78. The fraction of sp³-hybridized carbons (Fsp3) is 0.273. The largest absolute Gasteiger partial charge is 0.511 e. The predicted molar refractivity (Wildman–Crippen MR) is 64.8 cm³/mol. The van der Waals surface area contributed by atoms with Crippen LogP contribution >= 0.6 is 0 Å². The molecule has 5 nitrogen and oxygen atoms in total. The summed E-state index contributed by atoms with van der Waals surface area (Å²) in [5.41, 5.74) is 2.52. The lowest BCUT2D eigenvalue weighted by molar-refractivity contribution is 0.423. The molecule has 17 heavy (non-hydrogen) atoms. The van der Waals surface area contributed by atoms with Gasteiger partial charge in [0.2, 0.25) is 0 Å². The third-order valence-electron chi connectivity index (χ3n) is 2.54. The standard InChI is InChI=1S/C11H14BN3O2/c1-2-9-4-3-5-10(6-9)8-15-13-7-11(14-15)12(16)17/h3-7,16-17H,2,8H2,1H3. The summed E-state index contributed by atoms with van der Waals surface area (Å²) >= 11 is 0. The first-order chi connectivity index (χ1) is 8.19. The molecule has 0 aliphatic carbocycles. The Bertz CT molecular complexity index is 499. The van der Waals surface area contributed by atoms with E-state index in [1.807, 2.05) is 12.1 Å². The molecule has 0 spiro atoms. The van der Waals surface area contributed by atoms with Gasteiger partial charge < -0.3 is 10.0 Å². The zero-order chi connectivity index (χ0) is 12.3. The van der Waals surface area contributed by atoms with Crippen LogP contribution in [0.5, 0.6) is 0 Å². The van der Waals surface area contributed by atoms with Crippen LogP contribution in [0.2, 0.25) is 0 Å². The van der Waals surface area contributed by atoms with Crippen LogP contribution in [-0.2, 0) is 13.0 Å². The second-order valence-corrected chi connectivity index (χ2v) is 3.85. The summed E-state index contributed by atoms with van der Waals surface area (Å²) in [7, 11) is -1.56. The van der Waals surface area contributed by atoms with E-state index in [0.29, 0.717) is 6.54 Å². The van der Waals surface area contributed by atoms with E-state index in [-0.39, 0.29) is 5.59 Å². The summed E-state index contributed by atoms with van der Waals surface area (Å²) in [6, 6.07) is 8.17. The molecule has 88 valence electrons. The third-order valence-corrected chi connectivity index (χ3v) is 2.54. The number of nitrogens with zero attached hydrogens (tertiary/aromatic N) is 3. The quantitative estimate of drug-likeness (QED) is 0.700. The van der Waals surface area contributed by atoms with Crippen molar-refractivity contribution < 1.29 is 10.0 Å². The van der Waals surface area contributed by atoms with Crippen LogP contribution < -0.4 is 5.59 Å². The summed E-state index contributed by atoms with van der Waals surface area (Å²) in [6.07, 6.45) is 2.34. The smallest absolute Gasteiger partial charge is 0.422 e. The lowest BCUT2D eigenvalue weighted by Crippen LogP contribution is -2.31. The first-order valence-electron chi connectivity index (χ1n) is 5.53. The van der Waals surface area contributed by atoms with Crippen molar-refractivity contribution >= 4 is 12.7 Å². The van der Waals surface area contributed by atoms with Gasteiger partial charge in [-0.1, -0.05) is 31.2 Å². The molecule has 0 aliphatic heterocycles. The van der Waals surface area contributed by atoms with E-state index < -0.39 is 7.12 Å². The van der Waals surface area contributed by atoms with E-state index in [1.54, 1.807) is 0 Å². The van der Waals surface area contributed by atoms with Gasteiger partial charge in [-0.25, -0.2) is 0 Å². The average molecular weight is 231 g/mol. The molecule has 1 aromatic heterocycles. The van der Waals surface area contributed by atoms with Crippen molar-refractivity contribution in [3.8, 4) is 0 Å². The molecule has 1 heterocycles. The third kappa shape index (κ3) is 2.92. The second-order valence-electron chi connectivity index (χ2n) is 3.85. The highest BCUT2D eigenvalue weighted by Gasteiger charge is 2.15. The summed E-state index contributed by atoms with van der Waals surface area (Å²) in [5.74, 6) is 0. The van der Waals surface area contributed by atoms with Crippen LogP contribution in [0, 0.1) is 0 Å². The Kier molecular flexibility index (Phi) is 3.56. The van der Waals surface area contributed by atoms with Crippen molar-refractivity contribution in [1.29, 1.82) is 0 Å². The maximum absolute atomic E-state index is 8.93. The molecule has 0 saturated heterocycles. The van der Waals surface area contributed by atoms with Crippen LogP contribution in [-0.4, -0.2) is 32.2 Å². The van der Waals surface area contributed by atoms with Gasteiger partial charge in [0.15, 0.2) is 0 Å². The topological polar surface area (TPSA) is 71.2 Å². The maximum Gasteiger partial charge on any atom is 0.511 e. The Hall–Kier alpha value is -1.66. The summed E-state index contributed by atoms with van der Waals surface area (Å²) in [4.78, 5) is 1.45. The van der Waals surface area contributed by atoms with Crippen molar-refractivity contribution in [2.75, 3.05) is 0 Å². The van der Waals surface area contributed by atoms with E-state index in [0.717, 1.165) is 12.0 Å². The first-order valence-corrected chi connectivity index (χ1v) is 5.53. The van der Waals surface area contributed by atoms with Gasteiger partial charge in [0, 0.05) is 0 Å². The lowest BCUT2D eigenvalue weighted by Gasteiger charge is -2.03. The van der Waals surface area contributed by atoms with Gasteiger partial charge in [0.1, 0.15) is 5.59 Å². The lowest BCUT2D eigenvalue weighted by atomic mass is 9.87. The minimum Gasteiger partial charge on any atom is -0.422 e. The number of aromatic nitrogens is 3. The van der Waals surface area contributed by atoms with Crippen LogP contribution in [0.1, 0.15) is 18.1 Å². The highest BCUT2D eigenvalue weighted by atomic mass is 16.4. The van der Waals surface area contributed by atoms with Crippen LogP contribution in [0.25, 0.3) is 0 Å². The molecule has 2 rings (SSSR count). The molecule has 0 unspecified atom stereocenters. The Morgan fingerprint density at radius 2 is 2.06 bits per heavy atom. The van der Waals surface area contributed by atoms with Gasteiger partial charge in [-0.3, -0.25) is 0 Å². The minimum absolute atomic E-state index is 0.164. The molecule has 2 N–H and O–H groups in total. The van der Waals surface area contributed by atoms with Crippen LogP contribution in [0.3, 0.4) is 0 Å². The highest BCUT2D eigenvalue weighted by molar-refractivity contribution is 6.57. The molecule has 0 aliphatic rings. The first kappa shape index (κ1) is 11.8. The zero-order valence-electron chi connectivity index (χ0n) is 9.61. The number of hydrogen-bond acceptors (Lipinski definition) is 4. The van der Waals surface area contributed by atoms with Gasteiger partial charge in [0.25, 0.3) is 0 Å². The van der Waals surface area contributed by atoms with Crippen molar-refractivity contribution in [2.24, 2.45) is 0 Å². The molecular weight excluding hydrogens is 217 g/mol. The summed E-state index contributed by atoms with van der Waals surface area (Å²) in [5, 5.41) is 25.8. The molecule has 0 amide bonds. The minimum atomic E-state index is -1.56. The van der Waals surface area contributed by atoms with Crippen molar-refractivity contribution in [3.05, 3.63) is 41.6 Å². The molecule has 0 saturated carbocycles. The fourth-order valence-electron chi connectivity index (χ4n) is 1.62. The SMILES string of the molecule is CCc1cccc(Cn2ncc(B(O)O)n2)c1. The van der Waals surface area contributed by atoms with Gasteiger partial charge in [0.05, 0.1) is 12.7 Å². The molecular formula is C11H14BN3O2.